The zero-order valence-electron chi connectivity index (χ0n) is 15.3. The molecule has 1 saturated heterocycles. The first-order valence-electron chi connectivity index (χ1n) is 8.96. The first-order chi connectivity index (χ1) is 14.1. The highest BCUT2D eigenvalue weighted by Crippen LogP contribution is 2.31. The summed E-state index contributed by atoms with van der Waals surface area (Å²) in [7, 11) is 0. The highest BCUT2D eigenvalue weighted by atomic mass is 32.1. The van der Waals surface area contributed by atoms with Crippen LogP contribution in [-0.2, 0) is 9.53 Å². The molecular weight excluding hydrogens is 394 g/mol. The van der Waals surface area contributed by atoms with Crippen LogP contribution in [-0.4, -0.2) is 42.2 Å². The molecule has 0 amide bonds. The van der Waals surface area contributed by atoms with E-state index < -0.39 is 10.9 Å². The number of ether oxygens (including phenoxy) is 2. The van der Waals surface area contributed by atoms with Crippen molar-refractivity contribution in [1.82, 2.24) is 4.98 Å². The number of carbonyl (C=O) groups is 1. The standard InChI is InChI=1S/C20H17N3O5S/c24-19(7-4-14-2-1-3-15(12-14)23(25)26)28-16-5-6-17-18(13-16)29-20(21-17)22-8-10-27-11-9-22/h1-7,12-13H,8-11H2. The predicted molar refractivity (Wildman–Crippen MR) is 110 cm³/mol. The minimum absolute atomic E-state index is 0.0350. The summed E-state index contributed by atoms with van der Waals surface area (Å²) in [6.45, 7) is 3.00. The predicted octanol–water partition coefficient (Wildman–Crippen LogP) is 3.66. The fraction of sp³-hybridized carbons (Fsp3) is 0.200. The summed E-state index contributed by atoms with van der Waals surface area (Å²) in [5, 5.41) is 11.7. The summed E-state index contributed by atoms with van der Waals surface area (Å²) < 4.78 is 11.7. The SMILES string of the molecule is O=C(C=Cc1cccc([N+](=O)[O-])c1)Oc1ccc2nc(N3CCOCC3)sc2c1. The minimum atomic E-state index is -0.561. The average molecular weight is 411 g/mol. The van der Waals surface area contributed by atoms with Crippen molar-refractivity contribution in [1.29, 1.82) is 0 Å². The largest absolute Gasteiger partial charge is 0.423 e. The van der Waals surface area contributed by atoms with Crippen LogP contribution in [0, 0.1) is 10.1 Å². The molecule has 0 saturated carbocycles. The lowest BCUT2D eigenvalue weighted by Crippen LogP contribution is -2.36. The number of benzene rings is 2. The molecule has 1 fully saturated rings. The molecule has 9 heteroatoms. The molecule has 3 aromatic rings. The first kappa shape index (κ1) is 19.0. The lowest BCUT2D eigenvalue weighted by atomic mass is 10.2. The second-order valence-electron chi connectivity index (χ2n) is 6.33. The van der Waals surface area contributed by atoms with Crippen molar-refractivity contribution in [2.24, 2.45) is 0 Å². The van der Waals surface area contributed by atoms with Gasteiger partial charge in [-0.15, -0.1) is 0 Å². The van der Waals surface area contributed by atoms with Gasteiger partial charge in [-0.2, -0.15) is 0 Å². The van der Waals surface area contributed by atoms with E-state index in [0.717, 1.165) is 28.4 Å². The van der Waals surface area contributed by atoms with Crippen molar-refractivity contribution >= 4 is 44.4 Å². The van der Waals surface area contributed by atoms with Gasteiger partial charge in [0.2, 0.25) is 0 Å². The number of nitro benzene ring substituents is 1. The van der Waals surface area contributed by atoms with Crippen LogP contribution >= 0.6 is 11.3 Å². The number of aromatic nitrogens is 1. The lowest BCUT2D eigenvalue weighted by molar-refractivity contribution is -0.384. The number of morpholine rings is 1. The monoisotopic (exact) mass is 411 g/mol. The summed E-state index contributed by atoms with van der Waals surface area (Å²) >= 11 is 1.55. The zero-order chi connectivity index (χ0) is 20.2. The Bertz CT molecular complexity index is 1090. The Labute approximate surface area is 170 Å². The molecule has 8 nitrogen and oxygen atoms in total. The topological polar surface area (TPSA) is 94.8 Å². The number of carbonyl (C=O) groups excluding carboxylic acids is 1. The van der Waals surface area contributed by atoms with E-state index in [1.165, 1.54) is 24.3 Å². The molecule has 29 heavy (non-hydrogen) atoms. The van der Waals surface area contributed by atoms with Gasteiger partial charge in [0.15, 0.2) is 5.13 Å². The molecule has 1 aliphatic heterocycles. The van der Waals surface area contributed by atoms with Gasteiger partial charge in [-0.3, -0.25) is 10.1 Å². The van der Waals surface area contributed by atoms with Crippen molar-refractivity contribution in [3.63, 3.8) is 0 Å². The normalized spacial score (nSPS) is 14.4. The molecule has 0 bridgehead atoms. The Balaban J connectivity index is 1.45. The summed E-state index contributed by atoms with van der Waals surface area (Å²) in [4.78, 5) is 29.3. The van der Waals surface area contributed by atoms with Crippen molar-refractivity contribution in [3.05, 3.63) is 64.2 Å². The quantitative estimate of drug-likeness (QED) is 0.208. The van der Waals surface area contributed by atoms with Crippen molar-refractivity contribution in [3.8, 4) is 5.75 Å². The average Bonchev–Trinajstić information content (AvgIpc) is 3.16. The number of anilines is 1. The van der Waals surface area contributed by atoms with Gasteiger partial charge < -0.3 is 14.4 Å². The maximum Gasteiger partial charge on any atom is 0.336 e. The van der Waals surface area contributed by atoms with Gasteiger partial charge in [0, 0.05) is 37.4 Å². The third-order valence-electron chi connectivity index (χ3n) is 4.34. The summed E-state index contributed by atoms with van der Waals surface area (Å²) in [5.74, 6) is -0.142. The fourth-order valence-corrected chi connectivity index (χ4v) is 3.95. The second kappa shape index (κ2) is 8.38. The molecule has 0 radical (unpaired) electrons. The number of nitrogens with zero attached hydrogens (tertiary/aromatic N) is 3. The lowest BCUT2D eigenvalue weighted by Gasteiger charge is -2.25. The molecule has 1 aromatic heterocycles. The number of thiazole rings is 1. The third-order valence-corrected chi connectivity index (χ3v) is 5.42. The van der Waals surface area contributed by atoms with E-state index in [-0.39, 0.29) is 5.69 Å². The van der Waals surface area contributed by atoms with Crippen molar-refractivity contribution in [2.75, 3.05) is 31.2 Å². The molecule has 2 heterocycles. The minimum Gasteiger partial charge on any atom is -0.423 e. The van der Waals surface area contributed by atoms with Gasteiger partial charge in [0.05, 0.1) is 28.4 Å². The van der Waals surface area contributed by atoms with Crippen LogP contribution in [0.3, 0.4) is 0 Å². The van der Waals surface area contributed by atoms with Gasteiger partial charge in [0.25, 0.3) is 5.69 Å². The Morgan fingerprint density at radius 2 is 2.07 bits per heavy atom. The van der Waals surface area contributed by atoms with Gasteiger partial charge >= 0.3 is 5.97 Å². The number of esters is 1. The van der Waals surface area contributed by atoms with Crippen LogP contribution in [0.15, 0.2) is 48.5 Å². The van der Waals surface area contributed by atoms with E-state index in [1.807, 2.05) is 6.07 Å². The van der Waals surface area contributed by atoms with Gasteiger partial charge in [-0.05, 0) is 23.8 Å². The molecule has 2 aromatic carbocycles. The molecular formula is C20H17N3O5S. The van der Waals surface area contributed by atoms with Crippen molar-refractivity contribution in [2.45, 2.75) is 0 Å². The van der Waals surface area contributed by atoms with Gasteiger partial charge in [-0.25, -0.2) is 9.78 Å². The van der Waals surface area contributed by atoms with Crippen LogP contribution in [0.5, 0.6) is 5.75 Å². The first-order valence-corrected chi connectivity index (χ1v) is 9.78. The zero-order valence-corrected chi connectivity index (χ0v) is 16.1. The Morgan fingerprint density at radius 3 is 2.86 bits per heavy atom. The molecule has 0 spiro atoms. The van der Waals surface area contributed by atoms with E-state index >= 15 is 0 Å². The number of nitro groups is 1. The summed E-state index contributed by atoms with van der Waals surface area (Å²) in [6.07, 6.45) is 2.73. The Kier molecular flexibility index (Phi) is 5.50. The molecule has 0 aliphatic carbocycles. The van der Waals surface area contributed by atoms with E-state index in [0.29, 0.717) is 24.5 Å². The van der Waals surface area contributed by atoms with Crippen LogP contribution in [0.2, 0.25) is 0 Å². The van der Waals surface area contributed by atoms with E-state index in [4.69, 9.17) is 9.47 Å². The maximum absolute atomic E-state index is 12.1. The number of hydrogen-bond acceptors (Lipinski definition) is 8. The Morgan fingerprint density at radius 1 is 1.24 bits per heavy atom. The van der Waals surface area contributed by atoms with Crippen molar-refractivity contribution < 1.29 is 19.2 Å². The molecule has 0 atom stereocenters. The smallest absolute Gasteiger partial charge is 0.336 e. The van der Waals surface area contributed by atoms with Crippen LogP contribution in [0.1, 0.15) is 5.56 Å². The fourth-order valence-electron chi connectivity index (χ4n) is 2.90. The number of rotatable bonds is 5. The summed E-state index contributed by atoms with van der Waals surface area (Å²) in [6, 6.07) is 11.3. The highest BCUT2D eigenvalue weighted by Gasteiger charge is 2.16. The second-order valence-corrected chi connectivity index (χ2v) is 7.34. The molecule has 4 rings (SSSR count). The van der Waals surface area contributed by atoms with Gasteiger partial charge in [-0.1, -0.05) is 23.5 Å². The molecule has 148 valence electrons. The van der Waals surface area contributed by atoms with E-state index in [9.17, 15) is 14.9 Å². The van der Waals surface area contributed by atoms with Crippen LogP contribution in [0.25, 0.3) is 16.3 Å². The number of hydrogen-bond donors (Lipinski definition) is 0. The summed E-state index contributed by atoms with van der Waals surface area (Å²) in [5.41, 5.74) is 1.36. The number of fused-ring (bicyclic) bond motifs is 1. The van der Waals surface area contributed by atoms with Gasteiger partial charge in [0.1, 0.15) is 5.75 Å². The Hall–Kier alpha value is -3.30. The molecule has 1 aliphatic rings. The van der Waals surface area contributed by atoms with Crippen LogP contribution in [0.4, 0.5) is 10.8 Å². The number of non-ortho nitro benzene ring substituents is 1. The maximum atomic E-state index is 12.1. The highest BCUT2D eigenvalue weighted by molar-refractivity contribution is 7.22. The third kappa shape index (κ3) is 4.58. The molecule has 0 unspecified atom stereocenters. The van der Waals surface area contributed by atoms with E-state index in [2.05, 4.69) is 9.88 Å². The van der Waals surface area contributed by atoms with E-state index in [1.54, 1.807) is 35.6 Å². The molecule has 0 N–H and O–H groups in total. The van der Waals surface area contributed by atoms with Crippen LogP contribution < -0.4 is 9.64 Å².